The van der Waals surface area contributed by atoms with Gasteiger partial charge in [0.2, 0.25) is 5.95 Å². The van der Waals surface area contributed by atoms with Gasteiger partial charge in [0, 0.05) is 23.8 Å². The number of nitrogens with zero attached hydrogens (tertiary/aromatic N) is 3. The Labute approximate surface area is 197 Å². The van der Waals surface area contributed by atoms with Crippen molar-refractivity contribution in [2.45, 2.75) is 44.7 Å². The van der Waals surface area contributed by atoms with Crippen LogP contribution in [-0.2, 0) is 6.42 Å². The smallest absolute Gasteiger partial charge is 0.287 e. The van der Waals surface area contributed by atoms with Crippen LogP contribution in [0.3, 0.4) is 0 Å². The molecule has 8 nitrogen and oxygen atoms in total. The number of nitrogen functional groups attached to an aromatic ring is 1. The Bertz CT molecular complexity index is 1300. The second kappa shape index (κ2) is 9.13. The van der Waals surface area contributed by atoms with Crippen LogP contribution < -0.4 is 21.9 Å². The molecule has 1 saturated carbocycles. The van der Waals surface area contributed by atoms with Crippen molar-refractivity contribution < 1.29 is 4.79 Å². The van der Waals surface area contributed by atoms with Gasteiger partial charge in [-0.25, -0.2) is 0 Å². The van der Waals surface area contributed by atoms with E-state index in [1.807, 2.05) is 59.2 Å². The number of ketones is 1. The van der Waals surface area contributed by atoms with Crippen molar-refractivity contribution in [3.05, 3.63) is 81.6 Å². The molecular formula is C26H28N6O2. The van der Waals surface area contributed by atoms with Crippen molar-refractivity contribution in [1.29, 1.82) is 0 Å². The number of carbonyl (C=O) groups is 1. The van der Waals surface area contributed by atoms with Crippen LogP contribution in [0, 0.1) is 0 Å². The lowest BCUT2D eigenvalue weighted by molar-refractivity contribution is 0.101. The summed E-state index contributed by atoms with van der Waals surface area (Å²) in [7, 11) is 0. The maximum atomic E-state index is 13.1. The van der Waals surface area contributed by atoms with E-state index in [2.05, 4.69) is 15.6 Å². The average molecular weight is 457 g/mol. The molecule has 1 fully saturated rings. The standard InChI is InChI=1S/C26H28N6O2/c1-16(33)18-12-10-17(11-13-18)14-15-28-24(29-19-6-3-2-4-7-19)22-23(27)32-21-9-5-8-20(21)30-26(32)31-25(22)34/h2-4,6-7,10-13,20-21H,5,8-9,14-15,27H2,1H3,(H,28,29)(H,30,31,34)/t20-,21+/m1/s1. The molecule has 1 aromatic heterocycles. The molecule has 1 aliphatic heterocycles. The molecule has 0 bridgehead atoms. The lowest BCUT2D eigenvalue weighted by Gasteiger charge is -2.18. The first-order chi connectivity index (χ1) is 16.5. The molecule has 0 unspecified atom stereocenters. The number of amidine groups is 1. The zero-order valence-electron chi connectivity index (χ0n) is 19.1. The van der Waals surface area contributed by atoms with Crippen LogP contribution in [0.1, 0.15) is 53.7 Å². The predicted molar refractivity (Wildman–Crippen MR) is 135 cm³/mol. The van der Waals surface area contributed by atoms with E-state index in [0.717, 1.165) is 30.5 Å². The summed E-state index contributed by atoms with van der Waals surface area (Å²) in [5, 5.41) is 6.65. The lowest BCUT2D eigenvalue weighted by atomic mass is 10.1. The molecule has 174 valence electrons. The summed E-state index contributed by atoms with van der Waals surface area (Å²) >= 11 is 0. The molecule has 0 amide bonds. The SMILES string of the molecule is CC(=O)c1ccc(CCN=C(Nc2ccccc2)c2c(N)n3c(nc2=O)N[C@@H]2CCC[C@@H]23)cc1. The van der Waals surface area contributed by atoms with Crippen molar-refractivity contribution in [3.8, 4) is 0 Å². The highest BCUT2D eigenvalue weighted by Crippen LogP contribution is 2.40. The van der Waals surface area contributed by atoms with Gasteiger partial charge in [0.1, 0.15) is 17.2 Å². The number of aliphatic imine (C=N–C) groups is 1. The molecule has 34 heavy (non-hydrogen) atoms. The summed E-state index contributed by atoms with van der Waals surface area (Å²) in [4.78, 5) is 33.7. The molecule has 2 heterocycles. The molecule has 3 aromatic rings. The Hall–Kier alpha value is -3.94. The van der Waals surface area contributed by atoms with Gasteiger partial charge >= 0.3 is 0 Å². The molecular weight excluding hydrogens is 428 g/mol. The fraction of sp³-hybridized carbons (Fsp3) is 0.308. The normalized spacial score (nSPS) is 18.8. The molecule has 2 aliphatic rings. The van der Waals surface area contributed by atoms with E-state index in [9.17, 15) is 9.59 Å². The third kappa shape index (κ3) is 4.19. The van der Waals surface area contributed by atoms with Crippen molar-refractivity contribution in [1.82, 2.24) is 9.55 Å². The quantitative estimate of drug-likeness (QED) is 0.296. The molecule has 0 saturated heterocycles. The van der Waals surface area contributed by atoms with Crippen molar-refractivity contribution in [2.24, 2.45) is 4.99 Å². The van der Waals surface area contributed by atoms with Gasteiger partial charge < -0.3 is 16.4 Å². The topological polar surface area (TPSA) is 114 Å². The summed E-state index contributed by atoms with van der Waals surface area (Å²) in [6, 6.07) is 17.6. The number of aromatic nitrogens is 2. The summed E-state index contributed by atoms with van der Waals surface area (Å²) in [5.41, 5.74) is 9.06. The molecule has 0 radical (unpaired) electrons. The van der Waals surface area contributed by atoms with E-state index in [0.29, 0.717) is 41.7 Å². The highest BCUT2D eigenvalue weighted by Gasteiger charge is 2.38. The number of nitrogens with two attached hydrogens (primary N) is 1. The van der Waals surface area contributed by atoms with Crippen LogP contribution in [-0.4, -0.2) is 33.8 Å². The van der Waals surface area contributed by atoms with Crippen LogP contribution in [0.2, 0.25) is 0 Å². The van der Waals surface area contributed by atoms with Gasteiger partial charge in [0.15, 0.2) is 5.78 Å². The fourth-order valence-corrected chi connectivity index (χ4v) is 4.84. The first-order valence-electron chi connectivity index (χ1n) is 11.7. The van der Waals surface area contributed by atoms with E-state index in [4.69, 9.17) is 10.7 Å². The summed E-state index contributed by atoms with van der Waals surface area (Å²) in [5.74, 6) is 1.40. The molecule has 8 heteroatoms. The number of Topliss-reactive ketones (excluding diaryl/α,β-unsaturated/α-hetero) is 1. The lowest BCUT2D eigenvalue weighted by Crippen LogP contribution is -2.30. The average Bonchev–Trinajstić information content (AvgIpc) is 3.41. The summed E-state index contributed by atoms with van der Waals surface area (Å²) in [6.45, 7) is 2.00. The Balaban J connectivity index is 1.47. The maximum absolute atomic E-state index is 13.1. The van der Waals surface area contributed by atoms with E-state index in [-0.39, 0.29) is 17.9 Å². The van der Waals surface area contributed by atoms with Gasteiger partial charge in [0.25, 0.3) is 5.56 Å². The molecule has 1 aliphatic carbocycles. The monoisotopic (exact) mass is 456 g/mol. The minimum atomic E-state index is -0.399. The summed E-state index contributed by atoms with van der Waals surface area (Å²) in [6.07, 6.45) is 3.83. The molecule has 2 atom stereocenters. The second-order valence-electron chi connectivity index (χ2n) is 8.84. The number of carbonyl (C=O) groups excluding carboxylic acids is 1. The number of benzene rings is 2. The number of hydrogen-bond acceptors (Lipinski definition) is 6. The van der Waals surface area contributed by atoms with Gasteiger partial charge in [-0.3, -0.25) is 19.1 Å². The minimum absolute atomic E-state index is 0.0398. The van der Waals surface area contributed by atoms with Crippen molar-refractivity contribution in [3.63, 3.8) is 0 Å². The number of para-hydroxylation sites is 1. The van der Waals surface area contributed by atoms with E-state index < -0.39 is 5.56 Å². The van der Waals surface area contributed by atoms with Crippen molar-refractivity contribution in [2.75, 3.05) is 22.9 Å². The molecule has 0 spiro atoms. The van der Waals surface area contributed by atoms with Crippen LogP contribution >= 0.6 is 0 Å². The van der Waals surface area contributed by atoms with Crippen LogP contribution in [0.4, 0.5) is 17.5 Å². The molecule has 2 aromatic carbocycles. The van der Waals surface area contributed by atoms with Crippen LogP contribution in [0.5, 0.6) is 0 Å². The summed E-state index contributed by atoms with van der Waals surface area (Å²) < 4.78 is 1.97. The number of fused-ring (bicyclic) bond motifs is 3. The first-order valence-corrected chi connectivity index (χ1v) is 11.7. The zero-order chi connectivity index (χ0) is 23.7. The Kier molecular flexibility index (Phi) is 5.88. The van der Waals surface area contributed by atoms with Crippen molar-refractivity contribution >= 4 is 29.1 Å². The Morgan fingerprint density at radius 1 is 1.18 bits per heavy atom. The first kappa shape index (κ1) is 21.9. The van der Waals surface area contributed by atoms with E-state index in [1.54, 1.807) is 6.92 Å². The van der Waals surface area contributed by atoms with Gasteiger partial charge in [0.05, 0.1) is 6.04 Å². The predicted octanol–water partition coefficient (Wildman–Crippen LogP) is 3.65. The number of anilines is 3. The van der Waals surface area contributed by atoms with Gasteiger partial charge in [-0.15, -0.1) is 0 Å². The number of hydrogen-bond donors (Lipinski definition) is 3. The van der Waals surface area contributed by atoms with Crippen LogP contribution in [0.15, 0.2) is 64.4 Å². The maximum Gasteiger partial charge on any atom is 0.287 e. The van der Waals surface area contributed by atoms with Gasteiger partial charge in [-0.1, -0.05) is 42.5 Å². The Morgan fingerprint density at radius 2 is 1.94 bits per heavy atom. The third-order valence-electron chi connectivity index (χ3n) is 6.59. The van der Waals surface area contributed by atoms with E-state index in [1.165, 1.54) is 0 Å². The molecule has 4 N–H and O–H groups in total. The number of nitrogens with one attached hydrogen (secondary N) is 2. The fourth-order valence-electron chi connectivity index (χ4n) is 4.84. The van der Waals surface area contributed by atoms with Gasteiger partial charge in [-0.05, 0) is 50.3 Å². The molecule has 5 rings (SSSR count). The number of rotatable bonds is 6. The van der Waals surface area contributed by atoms with Gasteiger partial charge in [-0.2, -0.15) is 4.98 Å². The van der Waals surface area contributed by atoms with E-state index >= 15 is 0 Å². The van der Waals surface area contributed by atoms with Crippen LogP contribution in [0.25, 0.3) is 0 Å². The second-order valence-corrected chi connectivity index (χ2v) is 8.84. The zero-order valence-corrected chi connectivity index (χ0v) is 19.1. The Morgan fingerprint density at radius 3 is 2.68 bits per heavy atom. The highest BCUT2D eigenvalue weighted by atomic mass is 16.1. The largest absolute Gasteiger partial charge is 0.384 e. The third-order valence-corrected chi connectivity index (χ3v) is 6.59. The minimum Gasteiger partial charge on any atom is -0.384 e. The highest BCUT2D eigenvalue weighted by molar-refractivity contribution is 6.10.